The topological polar surface area (TPSA) is 83.8 Å². The van der Waals surface area contributed by atoms with E-state index in [-0.39, 0.29) is 11.8 Å². The molecule has 1 aliphatic rings. The number of rotatable bonds is 5. The Bertz CT molecular complexity index is 355. The van der Waals surface area contributed by atoms with E-state index in [0.29, 0.717) is 12.5 Å². The minimum atomic E-state index is 0.189. The summed E-state index contributed by atoms with van der Waals surface area (Å²) in [6.07, 6.45) is 8.41. The Morgan fingerprint density at radius 2 is 2.22 bits per heavy atom. The number of aromatic nitrogens is 2. The third kappa shape index (κ3) is 3.57. The molecule has 1 heterocycles. The van der Waals surface area contributed by atoms with Crippen LogP contribution in [-0.2, 0) is 11.2 Å². The molecule has 18 heavy (non-hydrogen) atoms. The molecule has 1 saturated carbocycles. The van der Waals surface area contributed by atoms with E-state index in [1.54, 1.807) is 12.5 Å². The summed E-state index contributed by atoms with van der Waals surface area (Å²) in [6, 6.07) is 0. The summed E-state index contributed by atoms with van der Waals surface area (Å²) in [5, 5.41) is 3.01. The van der Waals surface area contributed by atoms with E-state index >= 15 is 0 Å². The summed E-state index contributed by atoms with van der Waals surface area (Å²) < 4.78 is 0. The van der Waals surface area contributed by atoms with Crippen LogP contribution in [0.25, 0.3) is 0 Å². The molecule has 100 valence electrons. The molecule has 1 fully saturated rings. The Hall–Kier alpha value is -1.36. The molecule has 1 aromatic rings. The summed E-state index contributed by atoms with van der Waals surface area (Å²) >= 11 is 0. The van der Waals surface area contributed by atoms with Gasteiger partial charge in [0.25, 0.3) is 0 Å². The highest BCUT2D eigenvalue weighted by Crippen LogP contribution is 2.28. The van der Waals surface area contributed by atoms with Gasteiger partial charge in [-0.3, -0.25) is 4.79 Å². The van der Waals surface area contributed by atoms with Crippen molar-refractivity contribution >= 4 is 5.91 Å². The molecule has 0 atom stereocenters. The average Bonchev–Trinajstić information content (AvgIpc) is 2.92. The van der Waals surface area contributed by atoms with Crippen molar-refractivity contribution < 1.29 is 4.79 Å². The molecule has 1 amide bonds. The van der Waals surface area contributed by atoms with Gasteiger partial charge in [-0.05, 0) is 38.1 Å². The van der Waals surface area contributed by atoms with E-state index in [2.05, 4.69) is 15.3 Å². The van der Waals surface area contributed by atoms with Crippen LogP contribution in [0.5, 0.6) is 0 Å². The summed E-state index contributed by atoms with van der Waals surface area (Å²) in [6.45, 7) is 1.44. The number of hydrogen-bond donors (Lipinski definition) is 3. The van der Waals surface area contributed by atoms with Crippen LogP contribution in [0, 0.1) is 11.8 Å². The summed E-state index contributed by atoms with van der Waals surface area (Å²) in [5.41, 5.74) is 6.71. The van der Waals surface area contributed by atoms with Crippen molar-refractivity contribution in [2.75, 3.05) is 13.1 Å². The van der Waals surface area contributed by atoms with Crippen molar-refractivity contribution in [1.82, 2.24) is 15.3 Å². The number of hydrogen-bond acceptors (Lipinski definition) is 3. The SMILES string of the molecule is NCC1CCC(C(=O)NCCc2cnc[nH]2)CC1. The van der Waals surface area contributed by atoms with E-state index in [1.165, 1.54) is 0 Å². The van der Waals surface area contributed by atoms with Crippen LogP contribution in [0.3, 0.4) is 0 Å². The predicted molar refractivity (Wildman–Crippen MR) is 69.8 cm³/mol. The number of nitrogens with one attached hydrogen (secondary N) is 2. The van der Waals surface area contributed by atoms with Gasteiger partial charge in [0.05, 0.1) is 6.33 Å². The number of nitrogens with zero attached hydrogens (tertiary/aromatic N) is 1. The molecular formula is C13H22N4O. The molecule has 1 aromatic heterocycles. The molecular weight excluding hydrogens is 228 g/mol. The summed E-state index contributed by atoms with van der Waals surface area (Å²) in [5.74, 6) is 1.01. The Morgan fingerprint density at radius 3 is 2.83 bits per heavy atom. The van der Waals surface area contributed by atoms with Crippen molar-refractivity contribution in [3.8, 4) is 0 Å². The molecule has 0 unspecified atom stereocenters. The lowest BCUT2D eigenvalue weighted by Gasteiger charge is -2.26. The molecule has 5 nitrogen and oxygen atoms in total. The molecule has 0 aromatic carbocycles. The molecule has 0 radical (unpaired) electrons. The van der Waals surface area contributed by atoms with Crippen LogP contribution in [0.4, 0.5) is 0 Å². The quantitative estimate of drug-likeness (QED) is 0.724. The maximum Gasteiger partial charge on any atom is 0.223 e. The monoisotopic (exact) mass is 250 g/mol. The fourth-order valence-electron chi connectivity index (χ4n) is 2.55. The number of aromatic amines is 1. The Balaban J connectivity index is 1.66. The Labute approximate surface area is 108 Å². The zero-order valence-electron chi connectivity index (χ0n) is 10.7. The van der Waals surface area contributed by atoms with Gasteiger partial charge in [-0.15, -0.1) is 0 Å². The van der Waals surface area contributed by atoms with Gasteiger partial charge in [0, 0.05) is 30.8 Å². The van der Waals surface area contributed by atoms with Crippen molar-refractivity contribution in [3.05, 3.63) is 18.2 Å². The highest BCUT2D eigenvalue weighted by Gasteiger charge is 2.25. The van der Waals surface area contributed by atoms with Crippen LogP contribution in [0.1, 0.15) is 31.4 Å². The second kappa shape index (κ2) is 6.54. The third-order valence-electron chi connectivity index (χ3n) is 3.80. The first-order valence-corrected chi connectivity index (χ1v) is 6.74. The van der Waals surface area contributed by atoms with Gasteiger partial charge in [0.1, 0.15) is 0 Å². The molecule has 0 saturated heterocycles. The molecule has 0 bridgehead atoms. The van der Waals surface area contributed by atoms with Gasteiger partial charge >= 0.3 is 0 Å². The second-order valence-corrected chi connectivity index (χ2v) is 5.07. The first-order chi connectivity index (χ1) is 8.79. The first kappa shape index (κ1) is 13.1. The predicted octanol–water partition coefficient (Wildman–Crippen LogP) is 0.833. The minimum Gasteiger partial charge on any atom is -0.355 e. The van der Waals surface area contributed by atoms with E-state index in [4.69, 9.17) is 5.73 Å². The summed E-state index contributed by atoms with van der Waals surface area (Å²) in [4.78, 5) is 18.9. The smallest absolute Gasteiger partial charge is 0.223 e. The zero-order chi connectivity index (χ0) is 12.8. The van der Waals surface area contributed by atoms with Crippen molar-refractivity contribution in [2.24, 2.45) is 17.6 Å². The number of amides is 1. The molecule has 5 heteroatoms. The molecule has 1 aliphatic carbocycles. The second-order valence-electron chi connectivity index (χ2n) is 5.07. The highest BCUT2D eigenvalue weighted by molar-refractivity contribution is 5.78. The lowest BCUT2D eigenvalue weighted by Crippen LogP contribution is -2.35. The van der Waals surface area contributed by atoms with E-state index in [1.807, 2.05) is 0 Å². The standard InChI is InChI=1S/C13H22N4O/c14-7-10-1-3-11(4-2-10)13(18)16-6-5-12-8-15-9-17-12/h8-11H,1-7,14H2,(H,15,17)(H,16,18). The Kier molecular flexibility index (Phi) is 4.75. The van der Waals surface area contributed by atoms with Crippen LogP contribution in [-0.4, -0.2) is 29.0 Å². The first-order valence-electron chi connectivity index (χ1n) is 6.74. The largest absolute Gasteiger partial charge is 0.355 e. The fraction of sp³-hybridized carbons (Fsp3) is 0.692. The van der Waals surface area contributed by atoms with E-state index < -0.39 is 0 Å². The lowest BCUT2D eigenvalue weighted by atomic mass is 9.81. The van der Waals surface area contributed by atoms with Gasteiger partial charge in [0.15, 0.2) is 0 Å². The van der Waals surface area contributed by atoms with Crippen molar-refractivity contribution in [2.45, 2.75) is 32.1 Å². The summed E-state index contributed by atoms with van der Waals surface area (Å²) in [7, 11) is 0. The maximum atomic E-state index is 12.0. The Morgan fingerprint density at radius 1 is 1.44 bits per heavy atom. The minimum absolute atomic E-state index is 0.189. The fourth-order valence-corrected chi connectivity index (χ4v) is 2.55. The van der Waals surface area contributed by atoms with Gasteiger partial charge in [-0.25, -0.2) is 4.98 Å². The number of H-pyrrole nitrogens is 1. The van der Waals surface area contributed by atoms with Gasteiger partial charge in [-0.1, -0.05) is 0 Å². The van der Waals surface area contributed by atoms with Crippen molar-refractivity contribution in [3.63, 3.8) is 0 Å². The van der Waals surface area contributed by atoms with E-state index in [9.17, 15) is 4.79 Å². The number of nitrogens with two attached hydrogens (primary N) is 1. The van der Waals surface area contributed by atoms with Crippen LogP contribution >= 0.6 is 0 Å². The van der Waals surface area contributed by atoms with Crippen LogP contribution in [0.2, 0.25) is 0 Å². The van der Waals surface area contributed by atoms with Crippen LogP contribution < -0.4 is 11.1 Å². The normalized spacial score (nSPS) is 23.8. The molecule has 0 spiro atoms. The van der Waals surface area contributed by atoms with Gasteiger partial charge < -0.3 is 16.0 Å². The zero-order valence-corrected chi connectivity index (χ0v) is 10.7. The average molecular weight is 250 g/mol. The number of carbonyl (C=O) groups is 1. The molecule has 0 aliphatic heterocycles. The van der Waals surface area contributed by atoms with E-state index in [0.717, 1.165) is 44.3 Å². The highest BCUT2D eigenvalue weighted by atomic mass is 16.1. The van der Waals surface area contributed by atoms with Gasteiger partial charge in [0.2, 0.25) is 5.91 Å². The molecule has 2 rings (SSSR count). The van der Waals surface area contributed by atoms with Crippen LogP contribution in [0.15, 0.2) is 12.5 Å². The third-order valence-corrected chi connectivity index (χ3v) is 3.80. The van der Waals surface area contributed by atoms with Crippen molar-refractivity contribution in [1.29, 1.82) is 0 Å². The molecule has 4 N–H and O–H groups in total. The maximum absolute atomic E-state index is 12.0. The number of imidazole rings is 1. The number of carbonyl (C=O) groups excluding carboxylic acids is 1. The lowest BCUT2D eigenvalue weighted by molar-refractivity contribution is -0.126. The van der Waals surface area contributed by atoms with Gasteiger partial charge in [-0.2, -0.15) is 0 Å².